The third kappa shape index (κ3) is 4.77. The van der Waals surface area contributed by atoms with E-state index in [2.05, 4.69) is 19.2 Å². The highest BCUT2D eigenvalue weighted by atomic mass is 16.5. The summed E-state index contributed by atoms with van der Waals surface area (Å²) < 4.78 is 6.05. The van der Waals surface area contributed by atoms with E-state index in [9.17, 15) is 4.79 Å². The maximum atomic E-state index is 12.0. The van der Waals surface area contributed by atoms with Gasteiger partial charge in [0.2, 0.25) is 5.91 Å². The second-order valence-corrected chi connectivity index (χ2v) is 6.15. The molecule has 1 saturated carbocycles. The molecule has 0 aromatic heterocycles. The molecule has 1 fully saturated rings. The van der Waals surface area contributed by atoms with Gasteiger partial charge in [0.1, 0.15) is 6.10 Å². The van der Waals surface area contributed by atoms with Crippen LogP contribution >= 0.6 is 0 Å². The number of nitrogens with one attached hydrogen (secondary N) is 1. The number of hydrogen-bond donors (Lipinski definition) is 2. The molecule has 3 N–H and O–H groups in total. The summed E-state index contributed by atoms with van der Waals surface area (Å²) in [6.07, 6.45) is 4.70. The third-order valence-corrected chi connectivity index (χ3v) is 4.35. The average Bonchev–Trinajstić information content (AvgIpc) is 2.41. The van der Waals surface area contributed by atoms with Crippen LogP contribution in [0.1, 0.15) is 59.8 Å². The minimum atomic E-state index is -0.425. The van der Waals surface area contributed by atoms with Gasteiger partial charge in [0, 0.05) is 12.6 Å². The second-order valence-electron chi connectivity index (χ2n) is 6.15. The van der Waals surface area contributed by atoms with E-state index in [0.717, 1.165) is 38.0 Å². The summed E-state index contributed by atoms with van der Waals surface area (Å²) in [5.74, 6) is 0.716. The lowest BCUT2D eigenvalue weighted by Crippen LogP contribution is -2.50. The highest BCUT2D eigenvalue weighted by molar-refractivity contribution is 5.80. The number of amides is 1. The molecule has 0 saturated heterocycles. The van der Waals surface area contributed by atoms with Crippen molar-refractivity contribution in [2.75, 3.05) is 6.54 Å². The maximum Gasteiger partial charge on any atom is 0.249 e. The molecule has 1 rings (SSSR count). The van der Waals surface area contributed by atoms with Crippen molar-refractivity contribution in [1.82, 2.24) is 5.32 Å². The minimum Gasteiger partial charge on any atom is -0.361 e. The summed E-state index contributed by atoms with van der Waals surface area (Å²) in [6, 6.07) is 0.193. The number of ether oxygens (including phenoxy) is 1. The fraction of sp³-hybridized carbons (Fsp3) is 0.933. The molecule has 4 heteroatoms. The Morgan fingerprint density at radius 2 is 2.00 bits per heavy atom. The molecule has 4 nitrogen and oxygen atoms in total. The smallest absolute Gasteiger partial charge is 0.249 e. The van der Waals surface area contributed by atoms with Crippen molar-refractivity contribution < 1.29 is 9.53 Å². The van der Waals surface area contributed by atoms with Crippen molar-refractivity contribution in [2.24, 2.45) is 11.7 Å². The van der Waals surface area contributed by atoms with Crippen LogP contribution in [-0.4, -0.2) is 30.2 Å². The quantitative estimate of drug-likeness (QED) is 0.778. The predicted octanol–water partition coefficient (Wildman–Crippen LogP) is 2.21. The van der Waals surface area contributed by atoms with E-state index in [1.165, 1.54) is 0 Å². The number of hydrogen-bond acceptors (Lipinski definition) is 3. The highest BCUT2D eigenvalue weighted by Crippen LogP contribution is 2.34. The zero-order chi connectivity index (χ0) is 14.5. The minimum absolute atomic E-state index is 0.0270. The van der Waals surface area contributed by atoms with Crippen LogP contribution in [0.5, 0.6) is 0 Å². The Bertz CT molecular complexity index is 286. The van der Waals surface area contributed by atoms with Crippen molar-refractivity contribution in [1.29, 1.82) is 0 Å². The molecular formula is C15H30N2O2. The van der Waals surface area contributed by atoms with Crippen LogP contribution in [0.15, 0.2) is 0 Å². The summed E-state index contributed by atoms with van der Waals surface area (Å²) in [7, 11) is 0. The first-order valence-corrected chi connectivity index (χ1v) is 7.60. The van der Waals surface area contributed by atoms with Gasteiger partial charge in [-0.25, -0.2) is 0 Å². The van der Waals surface area contributed by atoms with Gasteiger partial charge in [-0.05, 0) is 51.9 Å². The molecular weight excluding hydrogens is 240 g/mol. The Morgan fingerprint density at radius 3 is 2.47 bits per heavy atom. The SMILES string of the molecule is CCC(C)NC(=O)C(C)OC1(CN)CCC(C)CC1. The van der Waals surface area contributed by atoms with E-state index in [0.29, 0.717) is 6.54 Å². The topological polar surface area (TPSA) is 64.3 Å². The van der Waals surface area contributed by atoms with Gasteiger partial charge < -0.3 is 15.8 Å². The van der Waals surface area contributed by atoms with Crippen molar-refractivity contribution >= 4 is 5.91 Å². The van der Waals surface area contributed by atoms with Gasteiger partial charge in [0.05, 0.1) is 5.60 Å². The highest BCUT2D eigenvalue weighted by Gasteiger charge is 2.36. The van der Waals surface area contributed by atoms with E-state index in [1.54, 1.807) is 0 Å². The van der Waals surface area contributed by atoms with Crippen molar-refractivity contribution in [3.63, 3.8) is 0 Å². The van der Waals surface area contributed by atoms with E-state index < -0.39 is 6.10 Å². The van der Waals surface area contributed by atoms with Crippen LogP contribution in [0, 0.1) is 5.92 Å². The first-order valence-electron chi connectivity index (χ1n) is 7.60. The van der Waals surface area contributed by atoms with Crippen LogP contribution < -0.4 is 11.1 Å². The maximum absolute atomic E-state index is 12.0. The molecule has 2 unspecified atom stereocenters. The first-order chi connectivity index (χ1) is 8.92. The van der Waals surface area contributed by atoms with Gasteiger partial charge in [0.25, 0.3) is 0 Å². The zero-order valence-corrected chi connectivity index (χ0v) is 12.9. The zero-order valence-electron chi connectivity index (χ0n) is 12.9. The van der Waals surface area contributed by atoms with E-state index in [4.69, 9.17) is 10.5 Å². The lowest BCUT2D eigenvalue weighted by molar-refractivity contribution is -0.150. The molecule has 1 aliphatic rings. The van der Waals surface area contributed by atoms with E-state index >= 15 is 0 Å². The molecule has 0 aromatic carbocycles. The first kappa shape index (κ1) is 16.4. The predicted molar refractivity (Wildman–Crippen MR) is 77.9 cm³/mol. The van der Waals surface area contributed by atoms with Crippen LogP contribution in [0.4, 0.5) is 0 Å². The van der Waals surface area contributed by atoms with Crippen LogP contribution in [0.3, 0.4) is 0 Å². The second kappa shape index (κ2) is 7.25. The Hall–Kier alpha value is -0.610. The summed E-state index contributed by atoms with van der Waals surface area (Å²) >= 11 is 0. The van der Waals surface area contributed by atoms with Crippen molar-refractivity contribution in [3.8, 4) is 0 Å². The molecule has 0 radical (unpaired) electrons. The largest absolute Gasteiger partial charge is 0.361 e. The Morgan fingerprint density at radius 1 is 1.42 bits per heavy atom. The molecule has 0 spiro atoms. The molecule has 0 aliphatic heterocycles. The average molecular weight is 270 g/mol. The standard InChI is InChI=1S/C15H30N2O2/c1-5-12(3)17-14(18)13(4)19-15(10-16)8-6-11(2)7-9-15/h11-13H,5-10,16H2,1-4H3,(H,17,18). The number of nitrogens with two attached hydrogens (primary N) is 1. The van der Waals surface area contributed by atoms with Crippen LogP contribution in [-0.2, 0) is 9.53 Å². The van der Waals surface area contributed by atoms with E-state index in [-0.39, 0.29) is 17.6 Å². The summed E-state index contributed by atoms with van der Waals surface area (Å²) in [4.78, 5) is 12.0. The van der Waals surface area contributed by atoms with Crippen LogP contribution in [0.2, 0.25) is 0 Å². The van der Waals surface area contributed by atoms with Gasteiger partial charge in [0.15, 0.2) is 0 Å². The van der Waals surface area contributed by atoms with Gasteiger partial charge in [-0.2, -0.15) is 0 Å². The Kier molecular flexibility index (Phi) is 6.27. The molecule has 0 aromatic rings. The van der Waals surface area contributed by atoms with Crippen molar-refractivity contribution in [3.05, 3.63) is 0 Å². The summed E-state index contributed by atoms with van der Waals surface area (Å²) in [5.41, 5.74) is 5.61. The number of carbonyl (C=O) groups is 1. The Balaban J connectivity index is 2.53. The lowest BCUT2D eigenvalue weighted by atomic mass is 9.79. The van der Waals surface area contributed by atoms with Crippen molar-refractivity contribution in [2.45, 2.75) is 77.5 Å². The molecule has 2 atom stereocenters. The fourth-order valence-corrected chi connectivity index (χ4v) is 2.55. The van der Waals surface area contributed by atoms with Gasteiger partial charge >= 0.3 is 0 Å². The molecule has 112 valence electrons. The normalized spacial score (nSPS) is 30.7. The fourth-order valence-electron chi connectivity index (χ4n) is 2.55. The lowest BCUT2D eigenvalue weighted by Gasteiger charge is -2.40. The summed E-state index contributed by atoms with van der Waals surface area (Å²) in [6.45, 7) is 8.65. The van der Waals surface area contributed by atoms with Crippen LogP contribution in [0.25, 0.3) is 0 Å². The molecule has 0 bridgehead atoms. The number of rotatable bonds is 6. The van der Waals surface area contributed by atoms with Gasteiger partial charge in [-0.1, -0.05) is 13.8 Å². The molecule has 1 aliphatic carbocycles. The summed E-state index contributed by atoms with van der Waals surface area (Å²) in [5, 5.41) is 2.96. The van der Waals surface area contributed by atoms with Gasteiger partial charge in [-0.3, -0.25) is 4.79 Å². The molecule has 0 heterocycles. The van der Waals surface area contributed by atoms with E-state index in [1.807, 2.05) is 13.8 Å². The van der Waals surface area contributed by atoms with Gasteiger partial charge in [-0.15, -0.1) is 0 Å². The monoisotopic (exact) mass is 270 g/mol. The Labute approximate surface area is 117 Å². The molecule has 1 amide bonds. The molecule has 19 heavy (non-hydrogen) atoms. The third-order valence-electron chi connectivity index (χ3n) is 4.35. The number of carbonyl (C=O) groups excluding carboxylic acids is 1.